The first-order valence-corrected chi connectivity index (χ1v) is 13.0. The molecule has 3 heterocycles. The standard InChI is InChI=1S/C24H29N3O5S/c28-24(23(25-10-4-5-11-25)19-6-2-1-3-7-19)26-12-14-27(15-13-26)33(29,30)20-8-9-21-22(18-20)32-17-16-31-21/h1-3,6-9,18,23H,4-5,10-17H2. The lowest BCUT2D eigenvalue weighted by Crippen LogP contribution is -2.53. The van der Waals surface area contributed by atoms with Crippen LogP contribution in [0.1, 0.15) is 24.4 Å². The summed E-state index contributed by atoms with van der Waals surface area (Å²) in [4.78, 5) is 17.8. The Labute approximate surface area is 194 Å². The Morgan fingerprint density at radius 3 is 2.18 bits per heavy atom. The number of ether oxygens (including phenoxy) is 2. The maximum absolute atomic E-state index is 13.6. The molecule has 3 aliphatic heterocycles. The molecule has 0 aromatic heterocycles. The van der Waals surface area contributed by atoms with Gasteiger partial charge in [-0.1, -0.05) is 30.3 Å². The van der Waals surface area contributed by atoms with Gasteiger partial charge in [0.05, 0.1) is 4.90 Å². The number of rotatable bonds is 5. The number of amides is 1. The highest BCUT2D eigenvalue weighted by Gasteiger charge is 2.36. The monoisotopic (exact) mass is 471 g/mol. The van der Waals surface area contributed by atoms with Crippen LogP contribution in [0.3, 0.4) is 0 Å². The summed E-state index contributed by atoms with van der Waals surface area (Å²) in [5.41, 5.74) is 0.996. The minimum atomic E-state index is -3.68. The third-order valence-electron chi connectivity index (χ3n) is 6.56. The van der Waals surface area contributed by atoms with Gasteiger partial charge in [0.1, 0.15) is 19.3 Å². The molecule has 1 amide bonds. The molecule has 2 aromatic carbocycles. The molecule has 1 unspecified atom stereocenters. The summed E-state index contributed by atoms with van der Waals surface area (Å²) in [7, 11) is -3.68. The summed E-state index contributed by atoms with van der Waals surface area (Å²) in [6, 6.07) is 14.3. The highest BCUT2D eigenvalue weighted by atomic mass is 32.2. The van der Waals surface area contributed by atoms with Crippen molar-refractivity contribution in [3.8, 4) is 11.5 Å². The first-order chi connectivity index (χ1) is 16.0. The Morgan fingerprint density at radius 1 is 0.818 bits per heavy atom. The highest BCUT2D eigenvalue weighted by molar-refractivity contribution is 7.89. The van der Waals surface area contributed by atoms with Crippen molar-refractivity contribution in [3.05, 3.63) is 54.1 Å². The van der Waals surface area contributed by atoms with Crippen molar-refractivity contribution < 1.29 is 22.7 Å². The third kappa shape index (κ3) is 4.45. The van der Waals surface area contributed by atoms with E-state index in [2.05, 4.69) is 4.90 Å². The lowest BCUT2D eigenvalue weighted by Gasteiger charge is -2.38. The second-order valence-electron chi connectivity index (χ2n) is 8.59. The quantitative estimate of drug-likeness (QED) is 0.665. The summed E-state index contributed by atoms with van der Waals surface area (Å²) >= 11 is 0. The van der Waals surface area contributed by atoms with E-state index in [1.807, 2.05) is 35.2 Å². The number of hydrogen-bond acceptors (Lipinski definition) is 6. The number of sulfonamides is 1. The minimum absolute atomic E-state index is 0.0551. The summed E-state index contributed by atoms with van der Waals surface area (Å²) in [6.45, 7) is 3.95. The Morgan fingerprint density at radius 2 is 1.48 bits per heavy atom. The van der Waals surface area contributed by atoms with E-state index in [1.165, 1.54) is 10.4 Å². The van der Waals surface area contributed by atoms with Gasteiger partial charge in [0, 0.05) is 32.2 Å². The zero-order chi connectivity index (χ0) is 22.8. The van der Waals surface area contributed by atoms with Crippen LogP contribution in [0.5, 0.6) is 11.5 Å². The lowest BCUT2D eigenvalue weighted by atomic mass is 10.0. The van der Waals surface area contributed by atoms with Gasteiger partial charge in [-0.3, -0.25) is 9.69 Å². The summed E-state index contributed by atoms with van der Waals surface area (Å²) in [5.74, 6) is 1.07. The first-order valence-electron chi connectivity index (χ1n) is 11.5. The Kier molecular flexibility index (Phi) is 6.27. The van der Waals surface area contributed by atoms with E-state index in [1.54, 1.807) is 12.1 Å². The van der Waals surface area contributed by atoms with E-state index >= 15 is 0 Å². The van der Waals surface area contributed by atoms with Gasteiger partial charge in [0.15, 0.2) is 11.5 Å². The number of likely N-dealkylation sites (tertiary alicyclic amines) is 1. The van der Waals surface area contributed by atoms with Gasteiger partial charge in [-0.25, -0.2) is 8.42 Å². The van der Waals surface area contributed by atoms with Crippen LogP contribution >= 0.6 is 0 Å². The molecule has 176 valence electrons. The van der Waals surface area contributed by atoms with Crippen molar-refractivity contribution in [2.24, 2.45) is 0 Å². The van der Waals surface area contributed by atoms with Gasteiger partial charge in [-0.2, -0.15) is 4.31 Å². The van der Waals surface area contributed by atoms with Crippen LogP contribution < -0.4 is 9.47 Å². The van der Waals surface area contributed by atoms with E-state index in [-0.39, 0.29) is 29.9 Å². The van der Waals surface area contributed by atoms with Crippen molar-refractivity contribution in [2.75, 3.05) is 52.5 Å². The van der Waals surface area contributed by atoms with Crippen molar-refractivity contribution in [3.63, 3.8) is 0 Å². The number of hydrogen-bond donors (Lipinski definition) is 0. The smallest absolute Gasteiger partial charge is 0.244 e. The zero-order valence-corrected chi connectivity index (χ0v) is 19.4. The predicted molar refractivity (Wildman–Crippen MR) is 123 cm³/mol. The number of nitrogens with zero attached hydrogens (tertiary/aromatic N) is 3. The summed E-state index contributed by atoms with van der Waals surface area (Å²) in [6.07, 6.45) is 2.19. The molecule has 0 N–H and O–H groups in total. The van der Waals surface area contributed by atoms with E-state index in [4.69, 9.17) is 9.47 Å². The van der Waals surface area contributed by atoms with Gasteiger partial charge < -0.3 is 14.4 Å². The molecule has 2 fully saturated rings. The van der Waals surface area contributed by atoms with Crippen LogP contribution in [0, 0.1) is 0 Å². The lowest BCUT2D eigenvalue weighted by molar-refractivity contribution is -0.138. The van der Waals surface area contributed by atoms with Crippen molar-refractivity contribution >= 4 is 15.9 Å². The van der Waals surface area contributed by atoms with Gasteiger partial charge in [-0.15, -0.1) is 0 Å². The molecule has 0 radical (unpaired) electrons. The van der Waals surface area contributed by atoms with Crippen LogP contribution in [-0.4, -0.2) is 80.9 Å². The SMILES string of the molecule is O=C(C(c1ccccc1)N1CCCC1)N1CCN(S(=O)(=O)c2ccc3c(c2)OCCO3)CC1. The van der Waals surface area contributed by atoms with Gasteiger partial charge in [0.25, 0.3) is 0 Å². The van der Waals surface area contributed by atoms with E-state index in [9.17, 15) is 13.2 Å². The number of benzene rings is 2. The Bertz CT molecular complexity index is 1090. The van der Waals surface area contributed by atoms with Crippen LogP contribution in [0.4, 0.5) is 0 Å². The fourth-order valence-corrected chi connectivity index (χ4v) is 6.24. The molecule has 0 spiro atoms. The Balaban J connectivity index is 1.29. The topological polar surface area (TPSA) is 79.4 Å². The molecule has 1 atom stereocenters. The molecule has 3 aliphatic rings. The fourth-order valence-electron chi connectivity index (χ4n) is 4.80. The van der Waals surface area contributed by atoms with Crippen LogP contribution in [0.15, 0.2) is 53.4 Å². The van der Waals surface area contributed by atoms with Gasteiger partial charge in [0.2, 0.25) is 15.9 Å². The normalized spacial score (nSPS) is 20.5. The van der Waals surface area contributed by atoms with Crippen molar-refractivity contribution in [1.29, 1.82) is 0 Å². The molecule has 33 heavy (non-hydrogen) atoms. The molecule has 8 nitrogen and oxygen atoms in total. The fraction of sp³-hybridized carbons (Fsp3) is 0.458. The second-order valence-corrected chi connectivity index (χ2v) is 10.5. The van der Waals surface area contributed by atoms with E-state index in [0.29, 0.717) is 37.8 Å². The first kappa shape index (κ1) is 22.2. The largest absolute Gasteiger partial charge is 0.486 e. The molecule has 2 saturated heterocycles. The molecule has 0 saturated carbocycles. The van der Waals surface area contributed by atoms with Gasteiger partial charge >= 0.3 is 0 Å². The molecule has 2 aromatic rings. The molecule has 9 heteroatoms. The molecular weight excluding hydrogens is 442 g/mol. The average molecular weight is 472 g/mol. The second kappa shape index (κ2) is 9.32. The maximum atomic E-state index is 13.6. The number of piperazine rings is 1. The average Bonchev–Trinajstić information content (AvgIpc) is 3.39. The van der Waals surface area contributed by atoms with Gasteiger partial charge in [-0.05, 0) is 43.6 Å². The number of fused-ring (bicyclic) bond motifs is 1. The maximum Gasteiger partial charge on any atom is 0.244 e. The van der Waals surface area contributed by atoms with E-state index in [0.717, 1.165) is 31.5 Å². The molecule has 0 bridgehead atoms. The highest BCUT2D eigenvalue weighted by Crippen LogP contribution is 2.33. The Hall–Kier alpha value is -2.62. The third-order valence-corrected chi connectivity index (χ3v) is 8.45. The molecule has 5 rings (SSSR count). The van der Waals surface area contributed by atoms with Crippen LogP contribution in [-0.2, 0) is 14.8 Å². The summed E-state index contributed by atoms with van der Waals surface area (Å²) in [5, 5.41) is 0. The number of carbonyl (C=O) groups is 1. The zero-order valence-electron chi connectivity index (χ0n) is 18.6. The molecular formula is C24H29N3O5S. The predicted octanol–water partition coefficient (Wildman–Crippen LogP) is 2.13. The van der Waals surface area contributed by atoms with Crippen LogP contribution in [0.2, 0.25) is 0 Å². The summed E-state index contributed by atoms with van der Waals surface area (Å²) < 4.78 is 39.0. The van der Waals surface area contributed by atoms with Crippen LogP contribution in [0.25, 0.3) is 0 Å². The minimum Gasteiger partial charge on any atom is -0.486 e. The molecule has 0 aliphatic carbocycles. The van der Waals surface area contributed by atoms with Crippen molar-refractivity contribution in [2.45, 2.75) is 23.8 Å². The van der Waals surface area contributed by atoms with Crippen molar-refractivity contribution in [1.82, 2.24) is 14.1 Å². The van der Waals surface area contributed by atoms with E-state index < -0.39 is 10.0 Å². The number of carbonyl (C=O) groups excluding carboxylic acids is 1.